The Balaban J connectivity index is 1.53. The van der Waals surface area contributed by atoms with Gasteiger partial charge in [-0.25, -0.2) is 4.98 Å². The fourth-order valence-corrected chi connectivity index (χ4v) is 2.74. The number of carbonyl (C=O) groups is 1. The summed E-state index contributed by atoms with van der Waals surface area (Å²) in [6.45, 7) is 4.01. The Labute approximate surface area is 163 Å². The summed E-state index contributed by atoms with van der Waals surface area (Å²) in [4.78, 5) is 16.3. The van der Waals surface area contributed by atoms with E-state index < -0.39 is 0 Å². The van der Waals surface area contributed by atoms with Crippen molar-refractivity contribution in [2.24, 2.45) is 0 Å². The van der Waals surface area contributed by atoms with E-state index in [4.69, 9.17) is 16.3 Å². The molecule has 138 valence electrons. The molecule has 1 heterocycles. The molecule has 0 unspecified atom stereocenters. The maximum Gasteiger partial charge on any atom is 0.262 e. The smallest absolute Gasteiger partial charge is 0.262 e. The largest absolute Gasteiger partial charge is 0.484 e. The molecule has 0 aliphatic heterocycles. The van der Waals surface area contributed by atoms with Crippen molar-refractivity contribution in [2.75, 3.05) is 17.2 Å². The Morgan fingerprint density at radius 1 is 1.00 bits per heavy atom. The van der Waals surface area contributed by atoms with E-state index in [1.165, 1.54) is 11.1 Å². The highest BCUT2D eigenvalue weighted by Gasteiger charge is 2.05. The van der Waals surface area contributed by atoms with Gasteiger partial charge in [0.15, 0.2) is 6.61 Å². The number of amides is 1. The number of rotatable bonds is 6. The van der Waals surface area contributed by atoms with Crippen LogP contribution in [0.3, 0.4) is 0 Å². The molecule has 0 saturated carbocycles. The van der Waals surface area contributed by atoms with Crippen LogP contribution in [0.2, 0.25) is 5.02 Å². The monoisotopic (exact) mass is 381 g/mol. The van der Waals surface area contributed by atoms with Gasteiger partial charge in [0.05, 0.1) is 11.9 Å². The lowest BCUT2D eigenvalue weighted by atomic mass is 10.1. The molecule has 0 spiro atoms. The van der Waals surface area contributed by atoms with Gasteiger partial charge >= 0.3 is 0 Å². The standard InChI is InChI=1S/C21H20ClN3O2/c1-14-9-15(2)11-18(10-14)24-20-8-5-17(12-23-20)25-21(26)13-27-19-6-3-16(22)4-7-19/h3-12H,13H2,1-2H3,(H,23,24)(H,25,26). The van der Waals surface area contributed by atoms with Crippen molar-refractivity contribution in [3.05, 3.63) is 76.9 Å². The molecular formula is C21H20ClN3O2. The van der Waals surface area contributed by atoms with Gasteiger partial charge < -0.3 is 15.4 Å². The molecule has 1 amide bonds. The lowest BCUT2D eigenvalue weighted by Crippen LogP contribution is -2.20. The van der Waals surface area contributed by atoms with Crippen molar-refractivity contribution >= 4 is 34.7 Å². The summed E-state index contributed by atoms with van der Waals surface area (Å²) in [5.74, 6) is 1.03. The van der Waals surface area contributed by atoms with Crippen LogP contribution in [0.15, 0.2) is 60.8 Å². The van der Waals surface area contributed by atoms with E-state index in [1.54, 1.807) is 36.5 Å². The Morgan fingerprint density at radius 2 is 1.70 bits per heavy atom. The fraction of sp³-hybridized carbons (Fsp3) is 0.143. The molecule has 0 aliphatic rings. The van der Waals surface area contributed by atoms with Gasteiger partial charge in [0.1, 0.15) is 11.6 Å². The molecule has 6 heteroatoms. The molecule has 0 bridgehead atoms. The highest BCUT2D eigenvalue weighted by atomic mass is 35.5. The number of hydrogen-bond acceptors (Lipinski definition) is 4. The van der Waals surface area contributed by atoms with Crippen molar-refractivity contribution in [2.45, 2.75) is 13.8 Å². The van der Waals surface area contributed by atoms with Crippen molar-refractivity contribution in [1.82, 2.24) is 4.98 Å². The Morgan fingerprint density at radius 3 is 2.33 bits per heavy atom. The molecule has 0 atom stereocenters. The molecule has 5 nitrogen and oxygen atoms in total. The van der Waals surface area contributed by atoms with Gasteiger partial charge in [-0.2, -0.15) is 0 Å². The average Bonchev–Trinajstić information content (AvgIpc) is 2.62. The topological polar surface area (TPSA) is 63.2 Å². The third kappa shape index (κ3) is 5.72. The Hall–Kier alpha value is -3.05. The number of benzene rings is 2. The normalized spacial score (nSPS) is 10.3. The minimum atomic E-state index is -0.262. The summed E-state index contributed by atoms with van der Waals surface area (Å²) in [5.41, 5.74) is 3.95. The third-order valence-electron chi connectivity index (χ3n) is 3.72. The van der Waals surface area contributed by atoms with Gasteiger partial charge in [-0.05, 0) is 73.5 Å². The summed E-state index contributed by atoms with van der Waals surface area (Å²) in [5, 5.41) is 6.63. The number of pyridine rings is 1. The van der Waals surface area contributed by atoms with Crippen molar-refractivity contribution < 1.29 is 9.53 Å². The minimum absolute atomic E-state index is 0.0931. The maximum atomic E-state index is 12.0. The lowest BCUT2D eigenvalue weighted by molar-refractivity contribution is -0.118. The number of halogens is 1. The Bertz CT molecular complexity index is 905. The molecule has 0 fully saturated rings. The highest BCUT2D eigenvalue weighted by Crippen LogP contribution is 2.19. The molecule has 27 heavy (non-hydrogen) atoms. The Kier molecular flexibility index (Phi) is 5.94. The van der Waals surface area contributed by atoms with Gasteiger partial charge in [-0.3, -0.25) is 4.79 Å². The fourth-order valence-electron chi connectivity index (χ4n) is 2.61. The summed E-state index contributed by atoms with van der Waals surface area (Å²) < 4.78 is 5.42. The molecule has 0 radical (unpaired) electrons. The zero-order chi connectivity index (χ0) is 19.2. The van der Waals surface area contributed by atoms with Crippen LogP contribution in [0, 0.1) is 13.8 Å². The van der Waals surface area contributed by atoms with Crippen LogP contribution in [0.5, 0.6) is 5.75 Å². The van der Waals surface area contributed by atoms with E-state index in [0.717, 1.165) is 5.69 Å². The van der Waals surface area contributed by atoms with Gasteiger partial charge in [-0.1, -0.05) is 17.7 Å². The van der Waals surface area contributed by atoms with Crippen LogP contribution >= 0.6 is 11.6 Å². The second kappa shape index (κ2) is 8.56. The van der Waals surface area contributed by atoms with Crippen LogP contribution in [0.25, 0.3) is 0 Å². The first-order valence-electron chi connectivity index (χ1n) is 8.47. The average molecular weight is 382 g/mol. The van der Waals surface area contributed by atoms with Crippen molar-refractivity contribution in [3.8, 4) is 5.75 Å². The molecule has 2 aromatic carbocycles. The van der Waals surface area contributed by atoms with E-state index in [2.05, 4.69) is 47.7 Å². The zero-order valence-electron chi connectivity index (χ0n) is 15.1. The lowest BCUT2D eigenvalue weighted by Gasteiger charge is -2.10. The number of nitrogens with zero attached hydrogens (tertiary/aromatic N) is 1. The van der Waals surface area contributed by atoms with E-state index in [1.807, 2.05) is 6.07 Å². The number of ether oxygens (including phenoxy) is 1. The molecule has 0 saturated heterocycles. The van der Waals surface area contributed by atoms with Crippen LogP contribution < -0.4 is 15.4 Å². The second-order valence-electron chi connectivity index (χ2n) is 6.22. The van der Waals surface area contributed by atoms with Crippen molar-refractivity contribution in [1.29, 1.82) is 0 Å². The zero-order valence-corrected chi connectivity index (χ0v) is 15.9. The first-order chi connectivity index (χ1) is 13.0. The predicted molar refractivity (Wildman–Crippen MR) is 109 cm³/mol. The highest BCUT2D eigenvalue weighted by molar-refractivity contribution is 6.30. The summed E-state index contributed by atoms with van der Waals surface area (Å²) in [7, 11) is 0. The van der Waals surface area contributed by atoms with E-state index in [0.29, 0.717) is 22.3 Å². The number of nitrogens with one attached hydrogen (secondary N) is 2. The SMILES string of the molecule is Cc1cc(C)cc(Nc2ccc(NC(=O)COc3ccc(Cl)cc3)cn2)c1. The molecule has 0 aliphatic carbocycles. The molecule has 2 N–H and O–H groups in total. The molecule has 3 aromatic rings. The van der Waals surface area contributed by atoms with E-state index in [-0.39, 0.29) is 12.5 Å². The second-order valence-corrected chi connectivity index (χ2v) is 6.66. The van der Waals surface area contributed by atoms with E-state index in [9.17, 15) is 4.79 Å². The van der Waals surface area contributed by atoms with Crippen LogP contribution in [0.4, 0.5) is 17.2 Å². The number of aromatic nitrogens is 1. The maximum absolute atomic E-state index is 12.0. The van der Waals surface area contributed by atoms with Gasteiger partial charge in [0.25, 0.3) is 5.91 Å². The van der Waals surface area contributed by atoms with Gasteiger partial charge in [-0.15, -0.1) is 0 Å². The summed E-state index contributed by atoms with van der Waals surface area (Å²) in [6.07, 6.45) is 1.60. The summed E-state index contributed by atoms with van der Waals surface area (Å²) >= 11 is 5.81. The first kappa shape index (κ1) is 18.7. The number of carbonyl (C=O) groups excluding carboxylic acids is 1. The molecule has 3 rings (SSSR count). The van der Waals surface area contributed by atoms with E-state index >= 15 is 0 Å². The third-order valence-corrected chi connectivity index (χ3v) is 3.98. The summed E-state index contributed by atoms with van der Waals surface area (Å²) in [6, 6.07) is 16.7. The van der Waals surface area contributed by atoms with Crippen LogP contribution in [-0.4, -0.2) is 17.5 Å². The number of hydrogen-bond donors (Lipinski definition) is 2. The minimum Gasteiger partial charge on any atom is -0.484 e. The number of aryl methyl sites for hydroxylation is 2. The van der Waals surface area contributed by atoms with Gasteiger partial charge in [0.2, 0.25) is 0 Å². The van der Waals surface area contributed by atoms with Gasteiger partial charge in [0, 0.05) is 10.7 Å². The molecular weight excluding hydrogens is 362 g/mol. The first-order valence-corrected chi connectivity index (χ1v) is 8.85. The quantitative estimate of drug-likeness (QED) is 0.622. The predicted octanol–water partition coefficient (Wildman–Crippen LogP) is 5.11. The van der Waals surface area contributed by atoms with Crippen molar-refractivity contribution in [3.63, 3.8) is 0 Å². The molecule has 1 aromatic heterocycles. The number of anilines is 3. The van der Waals surface area contributed by atoms with Crippen LogP contribution in [0.1, 0.15) is 11.1 Å². The van der Waals surface area contributed by atoms with Crippen LogP contribution in [-0.2, 0) is 4.79 Å².